The first-order valence-electron chi connectivity index (χ1n) is 5.86. The number of amides is 1. The third-order valence-electron chi connectivity index (χ3n) is 2.55. The molecule has 0 spiro atoms. The molecule has 0 fully saturated rings. The van der Waals surface area contributed by atoms with Crippen LogP contribution >= 0.6 is 11.6 Å². The van der Waals surface area contributed by atoms with Crippen molar-refractivity contribution in [2.45, 2.75) is 13.3 Å². The van der Waals surface area contributed by atoms with Crippen LogP contribution in [0.2, 0.25) is 5.02 Å². The number of nitrogens with zero attached hydrogens (tertiary/aromatic N) is 2. The Morgan fingerprint density at radius 3 is 2.68 bits per heavy atom. The van der Waals surface area contributed by atoms with E-state index in [-0.39, 0.29) is 23.7 Å². The van der Waals surface area contributed by atoms with Crippen LogP contribution < -0.4 is 0 Å². The summed E-state index contributed by atoms with van der Waals surface area (Å²) in [6, 6.07) is 4.23. The number of aliphatic hydroxyl groups excluding tert-OH is 1. The summed E-state index contributed by atoms with van der Waals surface area (Å²) in [5.41, 5.74) is -0.451. The minimum absolute atomic E-state index is 0.0561. The van der Waals surface area contributed by atoms with E-state index in [2.05, 4.69) is 0 Å². The molecular formula is C12H15ClN2O4. The Bertz CT molecular complexity index is 473. The molecule has 0 unspecified atom stereocenters. The van der Waals surface area contributed by atoms with Gasteiger partial charge in [0.2, 0.25) is 0 Å². The van der Waals surface area contributed by atoms with Gasteiger partial charge < -0.3 is 10.0 Å². The topological polar surface area (TPSA) is 83.7 Å². The summed E-state index contributed by atoms with van der Waals surface area (Å²) in [7, 11) is 0. The maximum absolute atomic E-state index is 12.3. The van der Waals surface area contributed by atoms with Gasteiger partial charge in [0.05, 0.1) is 11.5 Å². The van der Waals surface area contributed by atoms with Gasteiger partial charge in [0.1, 0.15) is 10.6 Å². The summed E-state index contributed by atoms with van der Waals surface area (Å²) in [6.07, 6.45) is 0.695. The van der Waals surface area contributed by atoms with Crippen molar-refractivity contribution < 1.29 is 14.8 Å². The summed E-state index contributed by atoms with van der Waals surface area (Å²) in [4.78, 5) is 23.9. The van der Waals surface area contributed by atoms with Crippen molar-refractivity contribution in [2.24, 2.45) is 0 Å². The van der Waals surface area contributed by atoms with E-state index in [1.165, 1.54) is 23.1 Å². The summed E-state index contributed by atoms with van der Waals surface area (Å²) in [5.74, 6) is -0.495. The number of carbonyl (C=O) groups is 1. The molecule has 0 heterocycles. The predicted molar refractivity (Wildman–Crippen MR) is 71.4 cm³/mol. The average molecular weight is 287 g/mol. The molecule has 1 aromatic rings. The first kappa shape index (κ1) is 15.4. The second-order valence-corrected chi connectivity index (χ2v) is 4.32. The lowest BCUT2D eigenvalue weighted by Crippen LogP contribution is -2.34. The van der Waals surface area contributed by atoms with E-state index in [1.54, 1.807) is 0 Å². The van der Waals surface area contributed by atoms with E-state index in [1.807, 2.05) is 6.92 Å². The van der Waals surface area contributed by atoms with Gasteiger partial charge in [-0.2, -0.15) is 0 Å². The zero-order valence-corrected chi connectivity index (χ0v) is 11.3. The first-order chi connectivity index (χ1) is 9.02. The molecule has 6 nitrogen and oxygen atoms in total. The fraction of sp³-hybridized carbons (Fsp3) is 0.417. The van der Waals surface area contributed by atoms with Crippen LogP contribution in [0.1, 0.15) is 23.7 Å². The van der Waals surface area contributed by atoms with E-state index in [0.29, 0.717) is 13.0 Å². The van der Waals surface area contributed by atoms with Crippen molar-refractivity contribution in [3.63, 3.8) is 0 Å². The van der Waals surface area contributed by atoms with E-state index in [4.69, 9.17) is 16.7 Å². The van der Waals surface area contributed by atoms with E-state index in [0.717, 1.165) is 0 Å². The molecule has 0 saturated heterocycles. The van der Waals surface area contributed by atoms with E-state index < -0.39 is 16.5 Å². The number of nitro benzene ring substituents is 1. The summed E-state index contributed by atoms with van der Waals surface area (Å²) in [5, 5.41) is 19.9. The third kappa shape index (κ3) is 3.65. The van der Waals surface area contributed by atoms with Gasteiger partial charge in [-0.25, -0.2) is 0 Å². The van der Waals surface area contributed by atoms with Crippen molar-refractivity contribution in [1.29, 1.82) is 0 Å². The van der Waals surface area contributed by atoms with E-state index in [9.17, 15) is 14.9 Å². The first-order valence-corrected chi connectivity index (χ1v) is 6.23. The Balaban J connectivity index is 3.17. The molecule has 1 N–H and O–H groups in total. The standard InChI is InChI=1S/C12H15ClN2O4/c1-2-6-14(7-8-16)12(17)9-4-3-5-10(13)11(9)15(18)19/h3-5,16H,2,6-8H2,1H3. The Labute approximate surface area is 115 Å². The number of nitro groups is 1. The second-order valence-electron chi connectivity index (χ2n) is 3.91. The van der Waals surface area contributed by atoms with Gasteiger partial charge in [-0.1, -0.05) is 24.6 Å². The van der Waals surface area contributed by atoms with Crippen molar-refractivity contribution in [1.82, 2.24) is 4.90 Å². The maximum Gasteiger partial charge on any atom is 0.300 e. The number of para-hydroxylation sites is 1. The molecule has 0 radical (unpaired) electrons. The van der Waals surface area contributed by atoms with Crippen LogP contribution in [-0.4, -0.2) is 40.5 Å². The van der Waals surface area contributed by atoms with Crippen molar-refractivity contribution in [2.75, 3.05) is 19.7 Å². The molecule has 0 aliphatic carbocycles. The van der Waals surface area contributed by atoms with Gasteiger partial charge >= 0.3 is 5.69 Å². The minimum Gasteiger partial charge on any atom is -0.395 e. The number of benzene rings is 1. The van der Waals surface area contributed by atoms with Crippen LogP contribution in [-0.2, 0) is 0 Å². The second kappa shape index (κ2) is 7.06. The van der Waals surface area contributed by atoms with E-state index >= 15 is 0 Å². The number of hydrogen-bond acceptors (Lipinski definition) is 4. The van der Waals surface area contributed by atoms with Crippen LogP contribution in [0.5, 0.6) is 0 Å². The largest absolute Gasteiger partial charge is 0.395 e. The van der Waals surface area contributed by atoms with Crippen molar-refractivity contribution >= 4 is 23.2 Å². The lowest BCUT2D eigenvalue weighted by atomic mass is 10.1. The maximum atomic E-state index is 12.3. The Morgan fingerprint density at radius 2 is 2.16 bits per heavy atom. The lowest BCUT2D eigenvalue weighted by molar-refractivity contribution is -0.385. The van der Waals surface area contributed by atoms with Crippen molar-refractivity contribution in [3.8, 4) is 0 Å². The predicted octanol–water partition coefficient (Wildman–Crippen LogP) is 2.09. The molecule has 0 aliphatic heterocycles. The monoisotopic (exact) mass is 286 g/mol. The fourth-order valence-electron chi connectivity index (χ4n) is 1.75. The molecule has 0 aromatic heterocycles. The quantitative estimate of drug-likeness (QED) is 0.641. The van der Waals surface area contributed by atoms with Crippen LogP contribution in [0.25, 0.3) is 0 Å². The van der Waals surface area contributed by atoms with Crippen molar-refractivity contribution in [3.05, 3.63) is 38.9 Å². The summed E-state index contributed by atoms with van der Waals surface area (Å²) >= 11 is 5.77. The van der Waals surface area contributed by atoms with Gasteiger partial charge in [-0.05, 0) is 18.6 Å². The van der Waals surface area contributed by atoms with Crippen LogP contribution in [0.3, 0.4) is 0 Å². The number of hydrogen-bond donors (Lipinski definition) is 1. The highest BCUT2D eigenvalue weighted by atomic mass is 35.5. The zero-order valence-electron chi connectivity index (χ0n) is 10.5. The van der Waals surface area contributed by atoms with Crippen LogP contribution in [0.15, 0.2) is 18.2 Å². The third-order valence-corrected chi connectivity index (χ3v) is 2.86. The highest BCUT2D eigenvalue weighted by Gasteiger charge is 2.26. The molecule has 0 saturated carbocycles. The molecule has 1 rings (SSSR count). The van der Waals surface area contributed by atoms with Crippen LogP contribution in [0, 0.1) is 10.1 Å². The molecule has 19 heavy (non-hydrogen) atoms. The zero-order chi connectivity index (χ0) is 14.4. The highest BCUT2D eigenvalue weighted by molar-refractivity contribution is 6.33. The normalized spacial score (nSPS) is 10.3. The Morgan fingerprint density at radius 1 is 1.47 bits per heavy atom. The number of carbonyl (C=O) groups excluding carboxylic acids is 1. The molecule has 0 atom stereocenters. The number of aliphatic hydroxyl groups is 1. The Hall–Kier alpha value is -1.66. The van der Waals surface area contributed by atoms with Gasteiger partial charge in [0.15, 0.2) is 0 Å². The lowest BCUT2D eigenvalue weighted by Gasteiger charge is -2.21. The average Bonchev–Trinajstić information content (AvgIpc) is 2.37. The molecule has 0 bridgehead atoms. The highest BCUT2D eigenvalue weighted by Crippen LogP contribution is 2.29. The summed E-state index contributed by atoms with van der Waals surface area (Å²) < 4.78 is 0. The van der Waals surface area contributed by atoms with Gasteiger partial charge in [0, 0.05) is 13.1 Å². The van der Waals surface area contributed by atoms with Gasteiger partial charge in [0.25, 0.3) is 5.91 Å². The molecule has 1 amide bonds. The Kier molecular flexibility index (Phi) is 5.72. The van der Waals surface area contributed by atoms with Gasteiger partial charge in [-0.3, -0.25) is 14.9 Å². The van der Waals surface area contributed by atoms with Gasteiger partial charge in [-0.15, -0.1) is 0 Å². The van der Waals surface area contributed by atoms with Crippen LogP contribution in [0.4, 0.5) is 5.69 Å². The minimum atomic E-state index is -0.668. The molecule has 104 valence electrons. The fourth-order valence-corrected chi connectivity index (χ4v) is 1.99. The number of rotatable bonds is 6. The molecule has 7 heteroatoms. The molecular weight excluding hydrogens is 272 g/mol. The number of halogens is 1. The molecule has 0 aliphatic rings. The summed E-state index contributed by atoms with van der Waals surface area (Å²) in [6.45, 7) is 2.24. The molecule has 1 aromatic carbocycles. The smallest absolute Gasteiger partial charge is 0.300 e. The SMILES string of the molecule is CCCN(CCO)C(=O)c1cccc(Cl)c1[N+](=O)[O-].